The quantitative estimate of drug-likeness (QED) is 0.926. The molecule has 1 N–H and O–H groups in total. The Morgan fingerprint density at radius 1 is 1.24 bits per heavy atom. The van der Waals surface area contributed by atoms with Gasteiger partial charge in [-0.25, -0.2) is 8.42 Å². The summed E-state index contributed by atoms with van der Waals surface area (Å²) in [5.74, 6) is 1.92. The minimum absolute atomic E-state index is 0.0852. The molecule has 0 amide bonds. The zero-order valence-corrected chi connectivity index (χ0v) is 13.4. The van der Waals surface area contributed by atoms with Gasteiger partial charge in [-0.1, -0.05) is 19.3 Å². The zero-order chi connectivity index (χ0) is 14.9. The zero-order valence-electron chi connectivity index (χ0n) is 12.5. The SMILES string of the molecule is CNCc1ccc(S(=O)(=O)N2CCC3CCCCC3C2)o1. The van der Waals surface area contributed by atoms with Gasteiger partial charge < -0.3 is 9.73 Å². The summed E-state index contributed by atoms with van der Waals surface area (Å²) in [6, 6.07) is 3.31. The van der Waals surface area contributed by atoms with Crippen molar-refractivity contribution in [2.24, 2.45) is 11.8 Å². The highest BCUT2D eigenvalue weighted by atomic mass is 32.2. The van der Waals surface area contributed by atoms with Crippen LogP contribution in [-0.4, -0.2) is 32.9 Å². The summed E-state index contributed by atoms with van der Waals surface area (Å²) < 4.78 is 32.5. The van der Waals surface area contributed by atoms with Crippen LogP contribution in [-0.2, 0) is 16.6 Å². The molecule has 1 saturated carbocycles. The second-order valence-corrected chi connectivity index (χ2v) is 8.08. The first kappa shape index (κ1) is 15.1. The normalized spacial score (nSPS) is 27.5. The van der Waals surface area contributed by atoms with E-state index in [4.69, 9.17) is 4.42 Å². The van der Waals surface area contributed by atoms with Crippen molar-refractivity contribution in [3.63, 3.8) is 0 Å². The van der Waals surface area contributed by atoms with Crippen LogP contribution in [0.1, 0.15) is 37.9 Å². The third-order valence-electron chi connectivity index (χ3n) is 4.84. The maximum Gasteiger partial charge on any atom is 0.276 e. The van der Waals surface area contributed by atoms with Gasteiger partial charge in [-0.3, -0.25) is 0 Å². The van der Waals surface area contributed by atoms with Gasteiger partial charge in [0.25, 0.3) is 10.0 Å². The lowest BCUT2D eigenvalue weighted by atomic mass is 9.76. The van der Waals surface area contributed by atoms with Gasteiger partial charge in [0.1, 0.15) is 5.76 Å². The molecule has 1 saturated heterocycles. The largest absolute Gasteiger partial charge is 0.447 e. The molecule has 0 spiro atoms. The average molecular weight is 312 g/mol. The second kappa shape index (κ2) is 6.10. The fraction of sp³-hybridized carbons (Fsp3) is 0.733. The molecule has 21 heavy (non-hydrogen) atoms. The molecule has 1 aromatic heterocycles. The Bertz CT molecular complexity index is 581. The van der Waals surface area contributed by atoms with E-state index in [-0.39, 0.29) is 5.09 Å². The van der Waals surface area contributed by atoms with Crippen LogP contribution in [0.25, 0.3) is 0 Å². The highest BCUT2D eigenvalue weighted by Gasteiger charge is 2.37. The average Bonchev–Trinajstić information content (AvgIpc) is 2.96. The van der Waals surface area contributed by atoms with E-state index in [2.05, 4.69) is 5.32 Å². The van der Waals surface area contributed by atoms with E-state index in [0.29, 0.717) is 31.3 Å². The number of sulfonamides is 1. The fourth-order valence-electron chi connectivity index (χ4n) is 3.68. The molecule has 1 aliphatic heterocycles. The van der Waals surface area contributed by atoms with E-state index in [1.807, 2.05) is 7.05 Å². The summed E-state index contributed by atoms with van der Waals surface area (Å²) >= 11 is 0. The summed E-state index contributed by atoms with van der Waals surface area (Å²) in [6.07, 6.45) is 5.97. The molecular weight excluding hydrogens is 288 g/mol. The van der Waals surface area contributed by atoms with Gasteiger partial charge in [0.2, 0.25) is 5.09 Å². The van der Waals surface area contributed by atoms with E-state index in [1.54, 1.807) is 16.4 Å². The lowest BCUT2D eigenvalue weighted by molar-refractivity contribution is 0.135. The molecule has 0 aromatic carbocycles. The highest BCUT2D eigenvalue weighted by molar-refractivity contribution is 7.89. The molecule has 2 fully saturated rings. The molecule has 1 aliphatic carbocycles. The molecule has 0 bridgehead atoms. The summed E-state index contributed by atoms with van der Waals surface area (Å²) in [5.41, 5.74) is 0. The molecule has 2 atom stereocenters. The fourth-order valence-corrected chi connectivity index (χ4v) is 5.12. The van der Waals surface area contributed by atoms with E-state index >= 15 is 0 Å². The van der Waals surface area contributed by atoms with Crippen molar-refractivity contribution in [1.82, 2.24) is 9.62 Å². The van der Waals surface area contributed by atoms with Gasteiger partial charge in [0, 0.05) is 13.1 Å². The summed E-state index contributed by atoms with van der Waals surface area (Å²) in [7, 11) is -1.66. The van der Waals surface area contributed by atoms with Gasteiger partial charge in [0.05, 0.1) is 6.54 Å². The number of hydrogen-bond donors (Lipinski definition) is 1. The van der Waals surface area contributed by atoms with E-state index in [0.717, 1.165) is 12.3 Å². The smallest absolute Gasteiger partial charge is 0.276 e. The number of furan rings is 1. The van der Waals surface area contributed by atoms with Crippen LogP contribution in [0, 0.1) is 11.8 Å². The summed E-state index contributed by atoms with van der Waals surface area (Å²) in [5, 5.41) is 3.05. The number of piperidine rings is 1. The Hall–Kier alpha value is -0.850. The molecular formula is C15H24N2O3S. The van der Waals surface area contributed by atoms with Gasteiger partial charge in [-0.2, -0.15) is 4.31 Å². The minimum Gasteiger partial charge on any atom is -0.447 e. The van der Waals surface area contributed by atoms with Gasteiger partial charge in [0.15, 0.2) is 0 Å². The number of nitrogens with one attached hydrogen (secondary N) is 1. The van der Waals surface area contributed by atoms with E-state index < -0.39 is 10.0 Å². The Labute approximate surface area is 126 Å². The maximum atomic E-state index is 12.7. The van der Waals surface area contributed by atoms with Crippen molar-refractivity contribution < 1.29 is 12.8 Å². The Morgan fingerprint density at radius 2 is 2.00 bits per heavy atom. The van der Waals surface area contributed by atoms with Crippen LogP contribution >= 0.6 is 0 Å². The number of fused-ring (bicyclic) bond motifs is 1. The van der Waals surface area contributed by atoms with Crippen molar-refractivity contribution in [2.45, 2.75) is 43.7 Å². The number of rotatable bonds is 4. The monoisotopic (exact) mass is 312 g/mol. The van der Waals surface area contributed by atoms with Gasteiger partial charge in [-0.15, -0.1) is 0 Å². The predicted molar refractivity (Wildman–Crippen MR) is 80.3 cm³/mol. The Morgan fingerprint density at radius 3 is 2.76 bits per heavy atom. The standard InChI is InChI=1S/C15H24N2O3S/c1-16-10-14-6-7-15(20-14)21(18,19)17-9-8-12-4-2-3-5-13(12)11-17/h6-7,12-13,16H,2-5,8-11H2,1H3. The molecule has 6 heteroatoms. The van der Waals surface area contributed by atoms with Crippen LogP contribution in [0.3, 0.4) is 0 Å². The molecule has 0 radical (unpaired) electrons. The van der Waals surface area contributed by atoms with Crippen molar-refractivity contribution >= 4 is 10.0 Å². The number of hydrogen-bond acceptors (Lipinski definition) is 4. The first-order chi connectivity index (χ1) is 10.1. The maximum absolute atomic E-state index is 12.7. The second-order valence-electron chi connectivity index (χ2n) is 6.21. The lowest BCUT2D eigenvalue weighted by Gasteiger charge is -2.40. The summed E-state index contributed by atoms with van der Waals surface area (Å²) in [4.78, 5) is 0. The molecule has 1 aromatic rings. The lowest BCUT2D eigenvalue weighted by Crippen LogP contribution is -2.44. The van der Waals surface area contributed by atoms with Crippen LogP contribution in [0.2, 0.25) is 0 Å². The Balaban J connectivity index is 1.75. The van der Waals surface area contributed by atoms with Crippen LogP contribution < -0.4 is 5.32 Å². The highest BCUT2D eigenvalue weighted by Crippen LogP contribution is 2.37. The first-order valence-electron chi connectivity index (χ1n) is 7.84. The van der Waals surface area contributed by atoms with Gasteiger partial charge >= 0.3 is 0 Å². The third-order valence-corrected chi connectivity index (χ3v) is 6.58. The third kappa shape index (κ3) is 3.03. The summed E-state index contributed by atoms with van der Waals surface area (Å²) in [6.45, 7) is 1.83. The molecule has 2 aliphatic rings. The van der Waals surface area contributed by atoms with Crippen molar-refractivity contribution in [1.29, 1.82) is 0 Å². The Kier molecular flexibility index (Phi) is 4.38. The van der Waals surface area contributed by atoms with Crippen LogP contribution in [0.4, 0.5) is 0 Å². The van der Waals surface area contributed by atoms with Gasteiger partial charge in [-0.05, 0) is 43.9 Å². The molecule has 118 valence electrons. The number of nitrogens with zero attached hydrogens (tertiary/aromatic N) is 1. The molecule has 5 nitrogen and oxygen atoms in total. The molecule has 3 rings (SSSR count). The van der Waals surface area contributed by atoms with E-state index in [9.17, 15) is 8.42 Å². The van der Waals surface area contributed by atoms with Crippen molar-refractivity contribution in [3.05, 3.63) is 17.9 Å². The van der Waals surface area contributed by atoms with Crippen molar-refractivity contribution in [2.75, 3.05) is 20.1 Å². The predicted octanol–water partition coefficient (Wildman–Crippen LogP) is 2.20. The van der Waals surface area contributed by atoms with Crippen LogP contribution in [0.15, 0.2) is 21.6 Å². The topological polar surface area (TPSA) is 62.6 Å². The van der Waals surface area contributed by atoms with Crippen molar-refractivity contribution in [3.8, 4) is 0 Å². The molecule has 2 heterocycles. The molecule has 2 unspecified atom stereocenters. The first-order valence-corrected chi connectivity index (χ1v) is 9.28. The minimum atomic E-state index is -3.47. The van der Waals surface area contributed by atoms with E-state index in [1.165, 1.54) is 25.7 Å². The van der Waals surface area contributed by atoms with Crippen LogP contribution in [0.5, 0.6) is 0 Å².